The van der Waals surface area contributed by atoms with E-state index in [1.807, 2.05) is 25.4 Å². The SMILES string of the molecule is CSCC[C@H](N)C(=O)N(C)Cc1cccc(C)c1. The molecule has 4 heteroatoms. The molecule has 0 aromatic heterocycles. The predicted molar refractivity (Wildman–Crippen MR) is 78.6 cm³/mol. The number of rotatable bonds is 6. The Morgan fingerprint density at radius 3 is 2.83 bits per heavy atom. The Balaban J connectivity index is 2.54. The zero-order chi connectivity index (χ0) is 13.5. The fourth-order valence-corrected chi connectivity index (χ4v) is 2.30. The van der Waals surface area contributed by atoms with Crippen LogP contribution in [0.5, 0.6) is 0 Å². The highest BCUT2D eigenvalue weighted by atomic mass is 32.2. The molecule has 0 saturated heterocycles. The quantitative estimate of drug-likeness (QED) is 0.857. The molecule has 1 atom stereocenters. The van der Waals surface area contributed by atoms with Crippen LogP contribution < -0.4 is 5.73 Å². The first-order chi connectivity index (χ1) is 8.54. The van der Waals surface area contributed by atoms with Crippen LogP contribution in [0.3, 0.4) is 0 Å². The first kappa shape index (κ1) is 15.1. The van der Waals surface area contributed by atoms with Crippen molar-refractivity contribution in [2.75, 3.05) is 19.1 Å². The second-order valence-corrected chi connectivity index (χ2v) is 5.56. The summed E-state index contributed by atoms with van der Waals surface area (Å²) in [5.41, 5.74) is 8.23. The Kier molecular flexibility index (Phi) is 6.22. The van der Waals surface area contributed by atoms with Crippen LogP contribution in [0.1, 0.15) is 17.5 Å². The van der Waals surface area contributed by atoms with Crippen LogP contribution in [0.4, 0.5) is 0 Å². The number of benzene rings is 1. The average Bonchev–Trinajstić information content (AvgIpc) is 2.35. The number of nitrogens with zero attached hydrogens (tertiary/aromatic N) is 1. The molecule has 0 aliphatic heterocycles. The summed E-state index contributed by atoms with van der Waals surface area (Å²) in [4.78, 5) is 13.7. The van der Waals surface area contributed by atoms with E-state index in [1.165, 1.54) is 5.56 Å². The number of carbonyl (C=O) groups excluding carboxylic acids is 1. The zero-order valence-electron chi connectivity index (χ0n) is 11.3. The van der Waals surface area contributed by atoms with Gasteiger partial charge in [0, 0.05) is 13.6 Å². The zero-order valence-corrected chi connectivity index (χ0v) is 12.2. The standard InChI is InChI=1S/C14H22N2OS/c1-11-5-4-6-12(9-11)10-16(2)14(17)13(15)7-8-18-3/h4-6,9,13H,7-8,10,15H2,1-3H3/t13-/m0/s1. The molecule has 0 aliphatic carbocycles. The van der Waals surface area contributed by atoms with E-state index in [2.05, 4.69) is 19.1 Å². The van der Waals surface area contributed by atoms with Crippen molar-refractivity contribution in [3.05, 3.63) is 35.4 Å². The average molecular weight is 266 g/mol. The van der Waals surface area contributed by atoms with Crippen LogP contribution in [0.15, 0.2) is 24.3 Å². The minimum atomic E-state index is -0.382. The van der Waals surface area contributed by atoms with Gasteiger partial charge in [0.15, 0.2) is 0 Å². The lowest BCUT2D eigenvalue weighted by Crippen LogP contribution is -2.41. The molecule has 1 amide bonds. The summed E-state index contributed by atoms with van der Waals surface area (Å²) in [6.07, 6.45) is 2.76. The lowest BCUT2D eigenvalue weighted by molar-refractivity contribution is -0.131. The van der Waals surface area contributed by atoms with Crippen molar-refractivity contribution < 1.29 is 4.79 Å². The van der Waals surface area contributed by atoms with E-state index < -0.39 is 0 Å². The highest BCUT2D eigenvalue weighted by molar-refractivity contribution is 7.98. The smallest absolute Gasteiger partial charge is 0.239 e. The van der Waals surface area contributed by atoms with Gasteiger partial charge in [-0.15, -0.1) is 0 Å². The van der Waals surface area contributed by atoms with Crippen LogP contribution in [0.2, 0.25) is 0 Å². The Bertz CT molecular complexity index is 395. The number of aryl methyl sites for hydroxylation is 1. The first-order valence-corrected chi connectivity index (χ1v) is 7.49. The summed E-state index contributed by atoms with van der Waals surface area (Å²) in [5.74, 6) is 0.941. The van der Waals surface area contributed by atoms with E-state index in [4.69, 9.17) is 5.73 Å². The molecule has 0 fully saturated rings. The largest absolute Gasteiger partial charge is 0.340 e. The van der Waals surface area contributed by atoms with Gasteiger partial charge in [-0.2, -0.15) is 11.8 Å². The topological polar surface area (TPSA) is 46.3 Å². The fraction of sp³-hybridized carbons (Fsp3) is 0.500. The molecule has 0 radical (unpaired) electrons. The summed E-state index contributed by atoms with van der Waals surface area (Å²) in [7, 11) is 1.81. The molecular formula is C14H22N2OS. The van der Waals surface area contributed by atoms with Crippen LogP contribution >= 0.6 is 11.8 Å². The lowest BCUT2D eigenvalue weighted by atomic mass is 10.1. The number of amides is 1. The van der Waals surface area contributed by atoms with Gasteiger partial charge in [-0.05, 0) is 30.9 Å². The van der Waals surface area contributed by atoms with E-state index in [0.29, 0.717) is 6.54 Å². The maximum atomic E-state index is 12.0. The first-order valence-electron chi connectivity index (χ1n) is 6.09. The molecule has 0 bridgehead atoms. The highest BCUT2D eigenvalue weighted by Crippen LogP contribution is 2.08. The van der Waals surface area contributed by atoms with Gasteiger partial charge >= 0.3 is 0 Å². The van der Waals surface area contributed by atoms with Gasteiger partial charge in [-0.3, -0.25) is 4.79 Å². The van der Waals surface area contributed by atoms with Crippen LogP contribution in [0.25, 0.3) is 0 Å². The van der Waals surface area contributed by atoms with Crippen LogP contribution in [-0.4, -0.2) is 35.9 Å². The van der Waals surface area contributed by atoms with Crippen molar-refractivity contribution >= 4 is 17.7 Å². The second-order valence-electron chi connectivity index (χ2n) is 4.57. The summed E-state index contributed by atoms with van der Waals surface area (Å²) in [5, 5.41) is 0. The van der Waals surface area contributed by atoms with E-state index in [-0.39, 0.29) is 11.9 Å². The lowest BCUT2D eigenvalue weighted by Gasteiger charge is -2.21. The van der Waals surface area contributed by atoms with Gasteiger partial charge in [-0.1, -0.05) is 29.8 Å². The van der Waals surface area contributed by atoms with Gasteiger partial charge in [0.25, 0.3) is 0 Å². The summed E-state index contributed by atoms with van der Waals surface area (Å²) in [6.45, 7) is 2.67. The van der Waals surface area contributed by atoms with Gasteiger partial charge in [0.1, 0.15) is 0 Å². The highest BCUT2D eigenvalue weighted by Gasteiger charge is 2.17. The van der Waals surface area contributed by atoms with Crippen molar-refractivity contribution in [3.8, 4) is 0 Å². The number of likely N-dealkylation sites (N-methyl/N-ethyl adjacent to an activating group) is 1. The second kappa shape index (κ2) is 7.44. The van der Waals surface area contributed by atoms with E-state index >= 15 is 0 Å². The predicted octanol–water partition coefficient (Wildman–Crippen LogP) is 2.03. The molecule has 0 unspecified atom stereocenters. The Morgan fingerprint density at radius 2 is 2.22 bits per heavy atom. The number of hydrogen-bond acceptors (Lipinski definition) is 3. The molecule has 0 heterocycles. The molecule has 0 aliphatic rings. The Hall–Kier alpha value is -1.00. The maximum absolute atomic E-state index is 12.0. The number of thioether (sulfide) groups is 1. The Labute approximate surface area is 114 Å². The van der Waals surface area contributed by atoms with E-state index in [1.54, 1.807) is 16.7 Å². The van der Waals surface area contributed by atoms with E-state index in [0.717, 1.165) is 17.7 Å². The molecule has 1 aromatic carbocycles. The molecule has 18 heavy (non-hydrogen) atoms. The van der Waals surface area contributed by atoms with Gasteiger partial charge in [-0.25, -0.2) is 0 Å². The number of carbonyl (C=O) groups is 1. The van der Waals surface area contributed by atoms with Crippen molar-refractivity contribution in [3.63, 3.8) is 0 Å². The monoisotopic (exact) mass is 266 g/mol. The fourth-order valence-electron chi connectivity index (χ4n) is 1.81. The maximum Gasteiger partial charge on any atom is 0.239 e. The van der Waals surface area contributed by atoms with Crippen LogP contribution in [0, 0.1) is 6.92 Å². The van der Waals surface area contributed by atoms with E-state index in [9.17, 15) is 4.79 Å². The third-order valence-electron chi connectivity index (χ3n) is 2.83. The van der Waals surface area contributed by atoms with Crippen molar-refractivity contribution in [2.45, 2.75) is 25.9 Å². The minimum absolute atomic E-state index is 0.0190. The number of nitrogens with two attached hydrogens (primary N) is 1. The van der Waals surface area contributed by atoms with Gasteiger partial charge in [0.05, 0.1) is 6.04 Å². The summed E-state index contributed by atoms with van der Waals surface area (Å²) in [6, 6.07) is 7.81. The Morgan fingerprint density at radius 1 is 1.50 bits per heavy atom. The van der Waals surface area contributed by atoms with Crippen molar-refractivity contribution in [2.24, 2.45) is 5.73 Å². The molecular weight excluding hydrogens is 244 g/mol. The molecule has 0 spiro atoms. The molecule has 0 saturated carbocycles. The third kappa shape index (κ3) is 4.70. The number of hydrogen-bond donors (Lipinski definition) is 1. The molecule has 100 valence electrons. The van der Waals surface area contributed by atoms with Crippen molar-refractivity contribution in [1.82, 2.24) is 4.90 Å². The molecule has 3 nitrogen and oxygen atoms in total. The normalized spacial score (nSPS) is 12.2. The van der Waals surface area contributed by atoms with Crippen LogP contribution in [-0.2, 0) is 11.3 Å². The summed E-state index contributed by atoms with van der Waals surface area (Å²) < 4.78 is 0. The molecule has 2 N–H and O–H groups in total. The van der Waals surface area contributed by atoms with Crippen molar-refractivity contribution in [1.29, 1.82) is 0 Å². The minimum Gasteiger partial charge on any atom is -0.340 e. The van der Waals surface area contributed by atoms with Gasteiger partial charge < -0.3 is 10.6 Å². The van der Waals surface area contributed by atoms with Gasteiger partial charge in [0.2, 0.25) is 5.91 Å². The summed E-state index contributed by atoms with van der Waals surface area (Å²) >= 11 is 1.71. The molecule has 1 aromatic rings. The third-order valence-corrected chi connectivity index (χ3v) is 3.47. The molecule has 1 rings (SSSR count).